The summed E-state index contributed by atoms with van der Waals surface area (Å²) in [5.41, 5.74) is 6.13. The number of nitro benzene ring substituents is 1. The largest absolute Gasteiger partial charge is 0.396 e. The minimum absolute atomic E-state index is 0. The molecule has 0 unspecified atom stereocenters. The van der Waals surface area contributed by atoms with Gasteiger partial charge in [0, 0.05) is 18.7 Å². The Hall–Kier alpha value is -0.880. The van der Waals surface area contributed by atoms with Crippen LogP contribution in [0.3, 0.4) is 0 Å². The van der Waals surface area contributed by atoms with Crippen LogP contribution in [-0.4, -0.2) is 16.6 Å². The maximum absolute atomic E-state index is 10.6. The first kappa shape index (κ1) is 15.1. The van der Waals surface area contributed by atoms with Crippen molar-refractivity contribution in [2.75, 3.05) is 6.61 Å². The molecule has 1 aromatic rings. The lowest BCUT2D eigenvalue weighted by molar-refractivity contribution is -0.384. The molecule has 7 heteroatoms. The van der Waals surface area contributed by atoms with Gasteiger partial charge in [0.25, 0.3) is 5.69 Å². The van der Waals surface area contributed by atoms with E-state index in [1.54, 1.807) is 6.07 Å². The molecule has 0 aliphatic carbocycles. The number of aliphatic hydroxyl groups is 1. The summed E-state index contributed by atoms with van der Waals surface area (Å²) in [4.78, 5) is 10.0. The van der Waals surface area contributed by atoms with Crippen LogP contribution in [0.1, 0.15) is 18.0 Å². The van der Waals surface area contributed by atoms with E-state index in [-0.39, 0.29) is 29.7 Å². The van der Waals surface area contributed by atoms with Crippen molar-refractivity contribution in [3.05, 3.63) is 38.9 Å². The lowest BCUT2D eigenvalue weighted by Crippen LogP contribution is -2.12. The Morgan fingerprint density at radius 1 is 1.56 bits per heavy atom. The molecule has 0 aromatic heterocycles. The molecule has 5 nitrogen and oxygen atoms in total. The van der Waals surface area contributed by atoms with Crippen LogP contribution >= 0.6 is 24.0 Å². The molecule has 0 saturated heterocycles. The van der Waals surface area contributed by atoms with E-state index in [0.717, 1.165) is 0 Å². The maximum atomic E-state index is 10.6. The minimum atomic E-state index is -0.558. The molecule has 0 aliphatic rings. The summed E-state index contributed by atoms with van der Waals surface area (Å²) >= 11 is 5.64. The Bertz CT molecular complexity index is 374. The summed E-state index contributed by atoms with van der Waals surface area (Å²) in [6, 6.07) is 3.98. The van der Waals surface area contributed by atoms with Crippen LogP contribution in [0.15, 0.2) is 18.2 Å². The fraction of sp³-hybridized carbons (Fsp3) is 0.333. The Morgan fingerprint density at radius 2 is 2.19 bits per heavy atom. The van der Waals surface area contributed by atoms with Gasteiger partial charge in [-0.05, 0) is 18.1 Å². The summed E-state index contributed by atoms with van der Waals surface area (Å²) in [5.74, 6) is 0. The molecule has 3 N–H and O–H groups in total. The highest BCUT2D eigenvalue weighted by Gasteiger charge is 2.15. The molecule has 0 fully saturated rings. The number of nitrogens with zero attached hydrogens (tertiary/aromatic N) is 1. The normalized spacial score (nSPS) is 11.7. The van der Waals surface area contributed by atoms with Crippen LogP contribution in [0.2, 0.25) is 5.02 Å². The fourth-order valence-corrected chi connectivity index (χ4v) is 1.39. The van der Waals surface area contributed by atoms with E-state index in [2.05, 4.69) is 0 Å². The van der Waals surface area contributed by atoms with Crippen molar-refractivity contribution in [3.8, 4) is 0 Å². The predicted octanol–water partition coefficient (Wildman–Crippen LogP) is 2.05. The van der Waals surface area contributed by atoms with Crippen molar-refractivity contribution in [1.29, 1.82) is 0 Å². The molecule has 0 amide bonds. The van der Waals surface area contributed by atoms with Crippen LogP contribution in [0.4, 0.5) is 5.69 Å². The van der Waals surface area contributed by atoms with E-state index in [0.29, 0.717) is 12.0 Å². The SMILES string of the molecule is Cl.N[C@H](CCO)c1ccc(Cl)c([N+](=O)[O-])c1. The second-order valence-corrected chi connectivity index (χ2v) is 3.49. The predicted molar refractivity (Wildman–Crippen MR) is 64.0 cm³/mol. The molecule has 0 aliphatic heterocycles. The fourth-order valence-electron chi connectivity index (χ4n) is 1.21. The van der Waals surface area contributed by atoms with Gasteiger partial charge in [0.1, 0.15) is 5.02 Å². The topological polar surface area (TPSA) is 89.4 Å². The Labute approximate surface area is 104 Å². The molecule has 0 bridgehead atoms. The average molecular weight is 267 g/mol. The molecule has 0 saturated carbocycles. The van der Waals surface area contributed by atoms with Crippen molar-refractivity contribution < 1.29 is 10.0 Å². The van der Waals surface area contributed by atoms with Gasteiger partial charge in [0.05, 0.1) is 4.92 Å². The van der Waals surface area contributed by atoms with Gasteiger partial charge in [0.2, 0.25) is 0 Å². The zero-order chi connectivity index (χ0) is 11.4. The van der Waals surface area contributed by atoms with Crippen molar-refractivity contribution in [2.45, 2.75) is 12.5 Å². The van der Waals surface area contributed by atoms with E-state index >= 15 is 0 Å². The van der Waals surface area contributed by atoms with E-state index in [9.17, 15) is 10.1 Å². The monoisotopic (exact) mass is 266 g/mol. The van der Waals surface area contributed by atoms with Gasteiger partial charge in [-0.1, -0.05) is 17.7 Å². The second kappa shape index (κ2) is 6.65. The summed E-state index contributed by atoms with van der Waals surface area (Å²) in [6.07, 6.45) is 0.360. The van der Waals surface area contributed by atoms with Gasteiger partial charge in [0.15, 0.2) is 0 Å². The molecule has 0 heterocycles. The van der Waals surface area contributed by atoms with Gasteiger partial charge in [-0.15, -0.1) is 12.4 Å². The summed E-state index contributed by atoms with van der Waals surface area (Å²) < 4.78 is 0. The van der Waals surface area contributed by atoms with Crippen LogP contribution in [0.5, 0.6) is 0 Å². The molecule has 1 aromatic carbocycles. The van der Waals surface area contributed by atoms with Crippen LogP contribution < -0.4 is 5.73 Å². The van der Waals surface area contributed by atoms with Crippen molar-refractivity contribution in [2.24, 2.45) is 5.73 Å². The second-order valence-electron chi connectivity index (χ2n) is 3.09. The highest BCUT2D eigenvalue weighted by molar-refractivity contribution is 6.32. The van der Waals surface area contributed by atoms with Gasteiger partial charge < -0.3 is 10.8 Å². The number of nitrogens with two attached hydrogens (primary N) is 1. The zero-order valence-corrected chi connectivity index (χ0v) is 9.87. The number of halogens is 2. The number of aliphatic hydroxyl groups excluding tert-OH is 1. The summed E-state index contributed by atoms with van der Waals surface area (Å²) in [6.45, 7) is -0.0579. The van der Waals surface area contributed by atoms with Gasteiger partial charge in [-0.2, -0.15) is 0 Å². The number of nitro groups is 1. The first-order valence-electron chi connectivity index (χ1n) is 4.36. The quantitative estimate of drug-likeness (QED) is 0.645. The molecule has 0 spiro atoms. The van der Waals surface area contributed by atoms with Crippen LogP contribution in [0, 0.1) is 10.1 Å². The van der Waals surface area contributed by atoms with Gasteiger partial charge >= 0.3 is 0 Å². The molecular formula is C9H12Cl2N2O3. The summed E-state index contributed by atoms with van der Waals surface area (Å²) in [7, 11) is 0. The number of hydrogen-bond donors (Lipinski definition) is 2. The van der Waals surface area contributed by atoms with Crippen LogP contribution in [0.25, 0.3) is 0 Å². The van der Waals surface area contributed by atoms with E-state index in [1.165, 1.54) is 12.1 Å². The van der Waals surface area contributed by atoms with E-state index in [4.69, 9.17) is 22.4 Å². The van der Waals surface area contributed by atoms with Crippen molar-refractivity contribution >= 4 is 29.7 Å². The highest BCUT2D eigenvalue weighted by Crippen LogP contribution is 2.27. The zero-order valence-electron chi connectivity index (χ0n) is 8.30. The first-order valence-corrected chi connectivity index (χ1v) is 4.74. The lowest BCUT2D eigenvalue weighted by atomic mass is 10.0. The molecule has 90 valence electrons. The Kier molecular flexibility index (Phi) is 6.28. The molecule has 1 atom stereocenters. The minimum Gasteiger partial charge on any atom is -0.396 e. The molecule has 1 rings (SSSR count). The average Bonchev–Trinajstić information content (AvgIpc) is 2.18. The van der Waals surface area contributed by atoms with Gasteiger partial charge in [-0.25, -0.2) is 0 Å². The lowest BCUT2D eigenvalue weighted by Gasteiger charge is -2.09. The van der Waals surface area contributed by atoms with Crippen LogP contribution in [-0.2, 0) is 0 Å². The summed E-state index contributed by atoms with van der Waals surface area (Å²) in [5, 5.41) is 19.4. The molecule has 0 radical (unpaired) electrons. The highest BCUT2D eigenvalue weighted by atomic mass is 35.5. The third-order valence-electron chi connectivity index (χ3n) is 2.04. The third-order valence-corrected chi connectivity index (χ3v) is 2.35. The van der Waals surface area contributed by atoms with Gasteiger partial charge in [-0.3, -0.25) is 10.1 Å². The molecule has 16 heavy (non-hydrogen) atoms. The smallest absolute Gasteiger partial charge is 0.288 e. The van der Waals surface area contributed by atoms with E-state index < -0.39 is 11.0 Å². The van der Waals surface area contributed by atoms with Crippen molar-refractivity contribution in [1.82, 2.24) is 0 Å². The molecular weight excluding hydrogens is 255 g/mol. The Morgan fingerprint density at radius 3 is 2.69 bits per heavy atom. The third kappa shape index (κ3) is 3.61. The Balaban J connectivity index is 0.00000225. The number of benzene rings is 1. The maximum Gasteiger partial charge on any atom is 0.288 e. The number of rotatable bonds is 4. The standard InChI is InChI=1S/C9H11ClN2O3.ClH/c10-7-2-1-6(8(11)3-4-13)5-9(7)12(14)15;/h1-2,5,8,13H,3-4,11H2;1H/t8-;/m1./s1. The first-order chi connectivity index (χ1) is 7.06. The number of hydrogen-bond acceptors (Lipinski definition) is 4. The van der Waals surface area contributed by atoms with E-state index in [1.807, 2.05) is 0 Å². The van der Waals surface area contributed by atoms with Crippen molar-refractivity contribution in [3.63, 3.8) is 0 Å².